The van der Waals surface area contributed by atoms with E-state index < -0.39 is 0 Å². The van der Waals surface area contributed by atoms with E-state index >= 15 is 0 Å². The summed E-state index contributed by atoms with van der Waals surface area (Å²) in [5, 5.41) is 0. The van der Waals surface area contributed by atoms with Crippen molar-refractivity contribution in [1.29, 1.82) is 0 Å². The summed E-state index contributed by atoms with van der Waals surface area (Å²) < 4.78 is 7.16. The fourth-order valence-corrected chi connectivity index (χ4v) is 2.60. The molecule has 0 unspecified atom stereocenters. The average molecular weight is 322 g/mol. The molecule has 3 rings (SSSR count). The maximum absolute atomic E-state index is 5.13. The molecule has 2 aromatic heterocycles. The second-order valence-corrected chi connectivity index (χ2v) is 5.94. The van der Waals surface area contributed by atoms with Gasteiger partial charge in [-0.05, 0) is 38.7 Å². The van der Waals surface area contributed by atoms with Crippen LogP contribution in [0.2, 0.25) is 0 Å². The highest BCUT2D eigenvalue weighted by Crippen LogP contribution is 2.26. The Morgan fingerprint density at radius 2 is 1.96 bits per heavy atom. The molecular formula is C19H22N4O. The van der Waals surface area contributed by atoms with Gasteiger partial charge in [-0.25, -0.2) is 9.97 Å². The van der Waals surface area contributed by atoms with Crippen molar-refractivity contribution in [1.82, 2.24) is 19.4 Å². The molecule has 0 radical (unpaired) electrons. The third-order valence-corrected chi connectivity index (χ3v) is 4.25. The van der Waals surface area contributed by atoms with Crippen molar-refractivity contribution in [2.45, 2.75) is 13.0 Å². The van der Waals surface area contributed by atoms with Crippen LogP contribution in [0.5, 0.6) is 5.88 Å². The molecule has 0 bridgehead atoms. The van der Waals surface area contributed by atoms with E-state index in [9.17, 15) is 0 Å². The molecule has 24 heavy (non-hydrogen) atoms. The van der Waals surface area contributed by atoms with E-state index in [1.54, 1.807) is 13.3 Å². The molecule has 0 fully saturated rings. The molecule has 0 amide bonds. The van der Waals surface area contributed by atoms with Gasteiger partial charge in [0.05, 0.1) is 19.0 Å². The number of benzene rings is 1. The van der Waals surface area contributed by atoms with Gasteiger partial charge in [-0.2, -0.15) is 0 Å². The van der Waals surface area contributed by atoms with Gasteiger partial charge in [-0.3, -0.25) is 4.57 Å². The molecule has 5 heteroatoms. The van der Waals surface area contributed by atoms with E-state index in [0.29, 0.717) is 11.9 Å². The summed E-state index contributed by atoms with van der Waals surface area (Å²) in [5.74, 6) is 1.50. The Labute approximate surface area is 142 Å². The lowest BCUT2D eigenvalue weighted by Gasteiger charge is -2.20. The SMILES string of the molecule is COc1ccc(-n2ccnc2-c2cccc([C@@H](C)N(C)C)c2)cn1. The van der Waals surface area contributed by atoms with Crippen molar-refractivity contribution in [2.75, 3.05) is 21.2 Å². The molecule has 1 atom stereocenters. The minimum atomic E-state index is 0.344. The number of imidazole rings is 1. The Morgan fingerprint density at radius 1 is 1.12 bits per heavy atom. The van der Waals surface area contributed by atoms with Crippen molar-refractivity contribution in [3.8, 4) is 23.0 Å². The molecule has 0 aliphatic heterocycles. The summed E-state index contributed by atoms with van der Waals surface area (Å²) in [6, 6.07) is 12.7. The van der Waals surface area contributed by atoms with Gasteiger partial charge in [-0.15, -0.1) is 0 Å². The maximum atomic E-state index is 5.13. The quantitative estimate of drug-likeness (QED) is 0.720. The zero-order valence-electron chi connectivity index (χ0n) is 14.5. The normalized spacial score (nSPS) is 12.4. The summed E-state index contributed by atoms with van der Waals surface area (Å²) in [5.41, 5.74) is 3.30. The van der Waals surface area contributed by atoms with E-state index in [1.165, 1.54) is 5.56 Å². The molecule has 2 heterocycles. The fourth-order valence-electron chi connectivity index (χ4n) is 2.60. The molecule has 1 aromatic carbocycles. The van der Waals surface area contributed by atoms with Gasteiger partial charge in [0.15, 0.2) is 0 Å². The third kappa shape index (κ3) is 3.16. The Balaban J connectivity index is 1.99. The number of hydrogen-bond acceptors (Lipinski definition) is 4. The number of hydrogen-bond donors (Lipinski definition) is 0. The van der Waals surface area contributed by atoms with E-state index in [4.69, 9.17) is 4.74 Å². The molecule has 3 aromatic rings. The van der Waals surface area contributed by atoms with Gasteiger partial charge < -0.3 is 9.64 Å². The monoisotopic (exact) mass is 322 g/mol. The first-order valence-corrected chi connectivity index (χ1v) is 7.90. The number of aromatic nitrogens is 3. The highest BCUT2D eigenvalue weighted by Gasteiger charge is 2.12. The lowest BCUT2D eigenvalue weighted by atomic mass is 10.0. The minimum absolute atomic E-state index is 0.344. The van der Waals surface area contributed by atoms with Gasteiger partial charge in [0.2, 0.25) is 5.88 Å². The Bertz CT molecular complexity index is 808. The maximum Gasteiger partial charge on any atom is 0.213 e. The number of pyridine rings is 1. The van der Waals surface area contributed by atoms with Gasteiger partial charge in [-0.1, -0.05) is 18.2 Å². The molecule has 0 aliphatic rings. The Morgan fingerprint density at radius 3 is 2.62 bits per heavy atom. The Kier molecular flexibility index (Phi) is 4.62. The van der Waals surface area contributed by atoms with Gasteiger partial charge in [0.1, 0.15) is 5.82 Å². The van der Waals surface area contributed by atoms with Crippen LogP contribution < -0.4 is 4.74 Å². The van der Waals surface area contributed by atoms with Gasteiger partial charge in [0.25, 0.3) is 0 Å². The smallest absolute Gasteiger partial charge is 0.213 e. The highest BCUT2D eigenvalue weighted by atomic mass is 16.5. The lowest BCUT2D eigenvalue weighted by molar-refractivity contribution is 0.321. The molecule has 5 nitrogen and oxygen atoms in total. The van der Waals surface area contributed by atoms with Crippen molar-refractivity contribution >= 4 is 0 Å². The zero-order valence-corrected chi connectivity index (χ0v) is 14.5. The summed E-state index contributed by atoms with van der Waals surface area (Å²) in [6.45, 7) is 2.19. The van der Waals surface area contributed by atoms with Crippen LogP contribution in [0.25, 0.3) is 17.1 Å². The molecule has 0 N–H and O–H groups in total. The molecule has 0 saturated carbocycles. The number of ether oxygens (including phenoxy) is 1. The van der Waals surface area contributed by atoms with Crippen molar-refractivity contribution < 1.29 is 4.74 Å². The van der Waals surface area contributed by atoms with E-state index in [-0.39, 0.29) is 0 Å². The Hall–Kier alpha value is -2.66. The summed E-state index contributed by atoms with van der Waals surface area (Å²) in [6.07, 6.45) is 5.54. The van der Waals surface area contributed by atoms with Crippen molar-refractivity contribution in [3.05, 3.63) is 60.6 Å². The van der Waals surface area contributed by atoms with Crippen LogP contribution in [0, 0.1) is 0 Å². The summed E-state index contributed by atoms with van der Waals surface area (Å²) in [7, 11) is 5.78. The minimum Gasteiger partial charge on any atom is -0.481 e. The molecule has 0 aliphatic carbocycles. The zero-order chi connectivity index (χ0) is 17.1. The molecule has 124 valence electrons. The molecular weight excluding hydrogens is 300 g/mol. The number of rotatable bonds is 5. The second-order valence-electron chi connectivity index (χ2n) is 5.94. The van der Waals surface area contributed by atoms with Crippen LogP contribution in [0.3, 0.4) is 0 Å². The van der Waals surface area contributed by atoms with Crippen LogP contribution >= 0.6 is 0 Å². The van der Waals surface area contributed by atoms with E-state index in [0.717, 1.165) is 17.1 Å². The van der Waals surface area contributed by atoms with Crippen LogP contribution in [-0.2, 0) is 0 Å². The lowest BCUT2D eigenvalue weighted by Crippen LogP contribution is -2.16. The largest absolute Gasteiger partial charge is 0.481 e. The highest BCUT2D eigenvalue weighted by molar-refractivity contribution is 5.59. The first-order chi connectivity index (χ1) is 11.6. The van der Waals surface area contributed by atoms with Crippen LogP contribution in [0.1, 0.15) is 18.5 Å². The van der Waals surface area contributed by atoms with Crippen LogP contribution in [-0.4, -0.2) is 40.6 Å². The second kappa shape index (κ2) is 6.84. The van der Waals surface area contributed by atoms with Crippen molar-refractivity contribution in [3.63, 3.8) is 0 Å². The molecule has 0 spiro atoms. The first-order valence-electron chi connectivity index (χ1n) is 7.90. The predicted octanol–water partition coefficient (Wildman–Crippen LogP) is 3.57. The summed E-state index contributed by atoms with van der Waals surface area (Å²) in [4.78, 5) is 11.0. The number of nitrogens with zero attached hydrogens (tertiary/aromatic N) is 4. The fraction of sp³-hybridized carbons (Fsp3) is 0.263. The van der Waals surface area contributed by atoms with E-state index in [1.807, 2.05) is 29.1 Å². The molecule has 0 saturated heterocycles. The van der Waals surface area contributed by atoms with Gasteiger partial charge >= 0.3 is 0 Å². The first kappa shape index (κ1) is 16.2. The third-order valence-electron chi connectivity index (χ3n) is 4.25. The van der Waals surface area contributed by atoms with E-state index in [2.05, 4.69) is 60.2 Å². The standard InChI is InChI=1S/C19H22N4O/c1-14(22(2)3)15-6-5-7-16(12-15)19-20-10-11-23(19)17-8-9-18(24-4)21-13-17/h5-14H,1-4H3/t14-/m1/s1. The van der Waals surface area contributed by atoms with Crippen molar-refractivity contribution in [2.24, 2.45) is 0 Å². The predicted molar refractivity (Wildman–Crippen MR) is 95.4 cm³/mol. The summed E-state index contributed by atoms with van der Waals surface area (Å²) >= 11 is 0. The van der Waals surface area contributed by atoms with Crippen LogP contribution in [0.4, 0.5) is 0 Å². The number of methoxy groups -OCH3 is 1. The average Bonchev–Trinajstić information content (AvgIpc) is 3.11. The topological polar surface area (TPSA) is 43.2 Å². The van der Waals surface area contributed by atoms with Crippen LogP contribution in [0.15, 0.2) is 55.0 Å². The van der Waals surface area contributed by atoms with Gasteiger partial charge in [0, 0.05) is 30.1 Å².